The molecule has 0 aliphatic rings. The summed E-state index contributed by atoms with van der Waals surface area (Å²) >= 11 is 0. The Morgan fingerprint density at radius 2 is 1.94 bits per heavy atom. The van der Waals surface area contributed by atoms with E-state index in [2.05, 4.69) is 4.98 Å². The zero-order valence-electron chi connectivity index (χ0n) is 9.24. The molecule has 0 saturated carbocycles. The number of aryl methyl sites for hydroxylation is 1. The Hall–Kier alpha value is -2.17. The molecule has 1 aromatic heterocycles. The highest BCUT2D eigenvalue weighted by Gasteiger charge is 2.10. The predicted octanol–water partition coefficient (Wildman–Crippen LogP) is 1.44. The topological polar surface area (TPSA) is 54.9 Å². The summed E-state index contributed by atoms with van der Waals surface area (Å²) in [5.74, 6) is 0. The third kappa shape index (κ3) is 1.91. The maximum Gasteiger partial charge on any atom is 0.330 e. The van der Waals surface area contributed by atoms with Crippen LogP contribution in [-0.4, -0.2) is 9.55 Å². The number of nitrogens with one attached hydrogen (secondary N) is 1. The van der Waals surface area contributed by atoms with Crippen molar-refractivity contribution in [3.63, 3.8) is 0 Å². The third-order valence-electron chi connectivity index (χ3n) is 2.62. The Morgan fingerprint density at radius 1 is 1.24 bits per heavy atom. The molecule has 0 unspecified atom stereocenters. The SMILES string of the molecule is Cc1ccccc1-c1c[nH]c(=O)n(CF)c1=O. The minimum Gasteiger partial charge on any atom is -0.313 e. The van der Waals surface area contributed by atoms with E-state index in [-0.39, 0.29) is 0 Å². The zero-order valence-corrected chi connectivity index (χ0v) is 9.24. The van der Waals surface area contributed by atoms with Gasteiger partial charge in [-0.25, -0.2) is 13.8 Å². The number of halogens is 1. The van der Waals surface area contributed by atoms with Crippen molar-refractivity contribution < 1.29 is 4.39 Å². The molecule has 1 heterocycles. The smallest absolute Gasteiger partial charge is 0.313 e. The number of aromatic amines is 1. The van der Waals surface area contributed by atoms with Crippen LogP contribution in [0.15, 0.2) is 40.1 Å². The number of aromatic nitrogens is 2. The van der Waals surface area contributed by atoms with Crippen molar-refractivity contribution >= 4 is 0 Å². The van der Waals surface area contributed by atoms with Crippen molar-refractivity contribution in [1.82, 2.24) is 9.55 Å². The molecule has 1 aromatic carbocycles. The predicted molar refractivity (Wildman–Crippen MR) is 62.6 cm³/mol. The molecule has 0 bridgehead atoms. The quantitative estimate of drug-likeness (QED) is 0.854. The van der Waals surface area contributed by atoms with Crippen LogP contribution in [0.4, 0.5) is 4.39 Å². The van der Waals surface area contributed by atoms with Crippen LogP contribution in [0.3, 0.4) is 0 Å². The van der Waals surface area contributed by atoms with Gasteiger partial charge in [-0.15, -0.1) is 0 Å². The van der Waals surface area contributed by atoms with E-state index in [1.165, 1.54) is 6.20 Å². The number of hydrogen-bond donors (Lipinski definition) is 1. The van der Waals surface area contributed by atoms with E-state index in [9.17, 15) is 14.0 Å². The fourth-order valence-electron chi connectivity index (χ4n) is 1.69. The Labute approximate surface area is 96.4 Å². The standard InChI is InChI=1S/C12H11FN2O2/c1-8-4-2-3-5-9(8)10-6-14-12(17)15(7-13)11(10)16/h2-6H,7H2,1H3,(H,14,17). The monoisotopic (exact) mass is 234 g/mol. The molecule has 0 spiro atoms. The summed E-state index contributed by atoms with van der Waals surface area (Å²) in [5, 5.41) is 0. The van der Waals surface area contributed by atoms with Crippen molar-refractivity contribution in [2.75, 3.05) is 0 Å². The first-order valence-corrected chi connectivity index (χ1v) is 5.09. The van der Waals surface area contributed by atoms with Crippen LogP contribution in [0.5, 0.6) is 0 Å². The number of hydrogen-bond acceptors (Lipinski definition) is 2. The van der Waals surface area contributed by atoms with E-state index in [1.807, 2.05) is 19.1 Å². The molecule has 0 aliphatic heterocycles. The molecule has 0 fully saturated rings. The van der Waals surface area contributed by atoms with Crippen LogP contribution >= 0.6 is 0 Å². The normalized spacial score (nSPS) is 10.5. The van der Waals surface area contributed by atoms with Gasteiger partial charge in [-0.1, -0.05) is 24.3 Å². The van der Waals surface area contributed by atoms with Gasteiger partial charge in [-0.2, -0.15) is 0 Å². The van der Waals surface area contributed by atoms with Crippen LogP contribution in [0, 0.1) is 6.92 Å². The van der Waals surface area contributed by atoms with Gasteiger partial charge in [0.1, 0.15) is 0 Å². The summed E-state index contributed by atoms with van der Waals surface area (Å²) in [5.41, 5.74) is 0.513. The Bertz CT molecular complexity index is 658. The number of benzene rings is 1. The molecule has 0 atom stereocenters. The highest BCUT2D eigenvalue weighted by molar-refractivity contribution is 5.65. The fraction of sp³-hybridized carbons (Fsp3) is 0.167. The second kappa shape index (κ2) is 4.37. The van der Waals surface area contributed by atoms with Gasteiger partial charge >= 0.3 is 5.69 Å². The number of alkyl halides is 1. The van der Waals surface area contributed by atoms with Gasteiger partial charge < -0.3 is 4.98 Å². The highest BCUT2D eigenvalue weighted by atomic mass is 19.1. The third-order valence-corrected chi connectivity index (χ3v) is 2.62. The zero-order chi connectivity index (χ0) is 12.4. The van der Waals surface area contributed by atoms with Gasteiger partial charge in [0.2, 0.25) is 0 Å². The summed E-state index contributed by atoms with van der Waals surface area (Å²) in [6.45, 7) is 0.716. The van der Waals surface area contributed by atoms with Gasteiger partial charge in [-0.05, 0) is 18.1 Å². The molecular weight excluding hydrogens is 223 g/mol. The van der Waals surface area contributed by atoms with Crippen molar-refractivity contribution in [1.29, 1.82) is 0 Å². The summed E-state index contributed by atoms with van der Waals surface area (Å²) in [6.07, 6.45) is 1.32. The fourth-order valence-corrected chi connectivity index (χ4v) is 1.69. The molecule has 1 N–H and O–H groups in total. The average Bonchev–Trinajstić information content (AvgIpc) is 2.31. The lowest BCUT2D eigenvalue weighted by atomic mass is 10.0. The molecule has 2 rings (SSSR count). The lowest BCUT2D eigenvalue weighted by Crippen LogP contribution is -2.34. The van der Waals surface area contributed by atoms with E-state index in [1.54, 1.807) is 12.1 Å². The van der Waals surface area contributed by atoms with E-state index >= 15 is 0 Å². The number of rotatable bonds is 2. The van der Waals surface area contributed by atoms with Crippen molar-refractivity contribution in [2.45, 2.75) is 13.7 Å². The summed E-state index contributed by atoms with van der Waals surface area (Å²) in [6, 6.07) is 7.23. The summed E-state index contributed by atoms with van der Waals surface area (Å²) in [4.78, 5) is 25.4. The number of nitrogens with zero attached hydrogens (tertiary/aromatic N) is 1. The minimum atomic E-state index is -1.13. The molecule has 0 aliphatic carbocycles. The van der Waals surface area contributed by atoms with Gasteiger partial charge in [0.05, 0.1) is 5.56 Å². The van der Waals surface area contributed by atoms with Gasteiger partial charge in [0.15, 0.2) is 6.80 Å². The maximum atomic E-state index is 12.6. The van der Waals surface area contributed by atoms with Crippen molar-refractivity contribution in [3.05, 3.63) is 56.9 Å². The second-order valence-corrected chi connectivity index (χ2v) is 3.68. The van der Waals surface area contributed by atoms with Crippen LogP contribution in [0.25, 0.3) is 11.1 Å². The molecule has 0 amide bonds. The molecule has 0 saturated heterocycles. The van der Waals surface area contributed by atoms with Crippen LogP contribution in [0.2, 0.25) is 0 Å². The first-order chi connectivity index (χ1) is 8.15. The molecule has 88 valence electrons. The average molecular weight is 234 g/mol. The largest absolute Gasteiger partial charge is 0.330 e. The Balaban J connectivity index is 2.75. The van der Waals surface area contributed by atoms with E-state index in [0.29, 0.717) is 15.7 Å². The molecule has 0 radical (unpaired) electrons. The Morgan fingerprint density at radius 3 is 2.59 bits per heavy atom. The van der Waals surface area contributed by atoms with E-state index in [0.717, 1.165) is 5.56 Å². The van der Waals surface area contributed by atoms with Crippen LogP contribution < -0.4 is 11.2 Å². The molecular formula is C12H11FN2O2. The lowest BCUT2D eigenvalue weighted by Gasteiger charge is -2.06. The minimum absolute atomic E-state index is 0.292. The molecule has 2 aromatic rings. The summed E-state index contributed by atoms with van der Waals surface area (Å²) in [7, 11) is 0. The molecule has 4 nitrogen and oxygen atoms in total. The van der Waals surface area contributed by atoms with Crippen LogP contribution in [-0.2, 0) is 6.80 Å². The van der Waals surface area contributed by atoms with E-state index in [4.69, 9.17) is 0 Å². The first-order valence-electron chi connectivity index (χ1n) is 5.09. The van der Waals surface area contributed by atoms with Gasteiger partial charge in [-0.3, -0.25) is 4.79 Å². The Kier molecular flexibility index (Phi) is 2.91. The lowest BCUT2D eigenvalue weighted by molar-refractivity contribution is 0.358. The van der Waals surface area contributed by atoms with Crippen molar-refractivity contribution in [3.8, 4) is 11.1 Å². The molecule has 5 heteroatoms. The van der Waals surface area contributed by atoms with Crippen LogP contribution in [0.1, 0.15) is 5.56 Å². The summed E-state index contributed by atoms with van der Waals surface area (Å²) < 4.78 is 13.1. The highest BCUT2D eigenvalue weighted by Crippen LogP contribution is 2.18. The van der Waals surface area contributed by atoms with Crippen molar-refractivity contribution in [2.24, 2.45) is 0 Å². The first kappa shape index (κ1) is 11.3. The van der Waals surface area contributed by atoms with Gasteiger partial charge in [0, 0.05) is 6.20 Å². The van der Waals surface area contributed by atoms with E-state index < -0.39 is 18.0 Å². The van der Waals surface area contributed by atoms with Gasteiger partial charge in [0.25, 0.3) is 5.56 Å². The molecule has 17 heavy (non-hydrogen) atoms. The second-order valence-electron chi connectivity index (χ2n) is 3.68. The number of H-pyrrole nitrogens is 1. The maximum absolute atomic E-state index is 12.6.